The lowest BCUT2D eigenvalue weighted by atomic mass is 9.78. The zero-order chi connectivity index (χ0) is 31.3. The number of hydrogen-bond donors (Lipinski definition) is 2. The monoisotopic (exact) mass is 604 g/mol. The number of aliphatic hydroxyl groups excluding tert-OH is 1. The fourth-order valence-electron chi connectivity index (χ4n) is 7.16. The molecule has 5 rings (SSSR count). The first kappa shape index (κ1) is 32.0. The van der Waals surface area contributed by atoms with Crippen LogP contribution in [-0.2, 0) is 16.1 Å². The molecule has 2 aromatic carbocycles. The molecule has 2 N–H and O–H groups in total. The van der Waals surface area contributed by atoms with Crippen molar-refractivity contribution < 1.29 is 24.2 Å². The molecule has 3 fully saturated rings. The van der Waals surface area contributed by atoms with Crippen molar-refractivity contribution in [2.75, 3.05) is 38.7 Å². The van der Waals surface area contributed by atoms with Gasteiger partial charge < -0.3 is 25.0 Å². The molecule has 2 aliphatic heterocycles. The molecule has 0 radical (unpaired) electrons. The number of unbranched alkanes of at least 4 members (excludes halogenated alkanes) is 1. The lowest BCUT2D eigenvalue weighted by Gasteiger charge is -2.52. The summed E-state index contributed by atoms with van der Waals surface area (Å²) in [4.78, 5) is 46.5. The average molecular weight is 605 g/mol. The van der Waals surface area contributed by atoms with Gasteiger partial charge in [-0.15, -0.1) is 0 Å². The van der Waals surface area contributed by atoms with E-state index >= 15 is 0 Å². The quantitative estimate of drug-likeness (QED) is 0.418. The Morgan fingerprint density at radius 3 is 2.32 bits per heavy atom. The molecule has 0 aromatic heterocycles. The van der Waals surface area contributed by atoms with Gasteiger partial charge in [-0.1, -0.05) is 44.7 Å². The normalized spacial score (nSPS) is 21.6. The fourth-order valence-corrected chi connectivity index (χ4v) is 7.16. The molecule has 3 amide bonds. The van der Waals surface area contributed by atoms with Crippen LogP contribution in [0.15, 0.2) is 48.5 Å². The molecule has 0 unspecified atom stereocenters. The summed E-state index contributed by atoms with van der Waals surface area (Å²) in [6.45, 7) is 4.69. The molecular weight excluding hydrogens is 556 g/mol. The molecule has 2 saturated heterocycles. The van der Waals surface area contributed by atoms with Gasteiger partial charge in [0.15, 0.2) is 0 Å². The number of anilines is 1. The van der Waals surface area contributed by atoms with E-state index in [1.807, 2.05) is 53.4 Å². The number of hydrogen-bond acceptors (Lipinski definition) is 6. The molecule has 2 heterocycles. The van der Waals surface area contributed by atoms with E-state index in [-0.39, 0.29) is 23.6 Å². The molecular formula is C35H48N4O5. The number of aliphatic hydroxyl groups is 1. The molecule has 1 aliphatic carbocycles. The zero-order valence-corrected chi connectivity index (χ0v) is 26.5. The number of ether oxygens (including phenoxy) is 1. The second kappa shape index (κ2) is 14.1. The summed E-state index contributed by atoms with van der Waals surface area (Å²) in [5, 5.41) is 14.2. The topological polar surface area (TPSA) is 102 Å². The van der Waals surface area contributed by atoms with E-state index in [0.717, 1.165) is 55.5 Å². The standard InChI is InChI=1S/C35H48N4O5/c1-4-5-21-39-33(42)30(31(40)26-9-7-6-8-10-26)36-34(43)35(39)19-22-38(23-20-35)24-25-11-13-27(14-12-25)32(41)37(2)28-15-17-29(44-3)18-16-28/h11-18,26,30-31,40H,4-10,19-24H2,1-3H3,(H,36,43)/t30-,31-/m1/s1. The highest BCUT2D eigenvalue weighted by molar-refractivity contribution is 6.05. The van der Waals surface area contributed by atoms with Crippen molar-refractivity contribution in [2.24, 2.45) is 5.92 Å². The van der Waals surface area contributed by atoms with Gasteiger partial charge in [0, 0.05) is 44.5 Å². The van der Waals surface area contributed by atoms with E-state index < -0.39 is 17.7 Å². The molecule has 2 atom stereocenters. The van der Waals surface area contributed by atoms with Crippen molar-refractivity contribution in [1.29, 1.82) is 0 Å². The van der Waals surface area contributed by atoms with E-state index in [4.69, 9.17) is 4.74 Å². The Bertz CT molecular complexity index is 1280. The van der Waals surface area contributed by atoms with Gasteiger partial charge >= 0.3 is 0 Å². The predicted octanol–water partition coefficient (Wildman–Crippen LogP) is 4.37. The van der Waals surface area contributed by atoms with E-state index in [9.17, 15) is 19.5 Å². The number of piperazine rings is 1. The first-order valence-corrected chi connectivity index (χ1v) is 16.3. The first-order valence-electron chi connectivity index (χ1n) is 16.3. The van der Waals surface area contributed by atoms with Crippen molar-refractivity contribution in [3.05, 3.63) is 59.7 Å². The van der Waals surface area contributed by atoms with Gasteiger partial charge in [0.25, 0.3) is 5.91 Å². The van der Waals surface area contributed by atoms with Crippen LogP contribution in [0.25, 0.3) is 0 Å². The molecule has 2 aromatic rings. The van der Waals surface area contributed by atoms with Crippen LogP contribution in [0.4, 0.5) is 5.69 Å². The van der Waals surface area contributed by atoms with Crippen LogP contribution in [0.5, 0.6) is 5.75 Å². The SMILES string of the molecule is CCCCN1C(=O)[C@@H]([C@H](O)C2CCCCC2)NC(=O)C12CCN(Cc1ccc(C(=O)N(C)c3ccc(OC)cc3)cc1)CC2. The van der Waals surface area contributed by atoms with Crippen LogP contribution < -0.4 is 15.0 Å². The third kappa shape index (κ3) is 6.64. The second-order valence-electron chi connectivity index (χ2n) is 12.8. The Kier molecular flexibility index (Phi) is 10.3. The van der Waals surface area contributed by atoms with Gasteiger partial charge in [0.05, 0.1) is 13.2 Å². The Morgan fingerprint density at radius 1 is 1.05 bits per heavy atom. The largest absolute Gasteiger partial charge is 0.497 e. The highest BCUT2D eigenvalue weighted by atomic mass is 16.5. The highest BCUT2D eigenvalue weighted by Crippen LogP contribution is 2.36. The number of nitrogens with zero attached hydrogens (tertiary/aromatic N) is 3. The maximum atomic E-state index is 13.9. The van der Waals surface area contributed by atoms with Crippen LogP contribution >= 0.6 is 0 Å². The number of rotatable bonds is 10. The van der Waals surface area contributed by atoms with Gasteiger partial charge in [-0.25, -0.2) is 0 Å². The number of benzene rings is 2. The summed E-state index contributed by atoms with van der Waals surface area (Å²) in [5.74, 6) is 0.478. The van der Waals surface area contributed by atoms with E-state index in [1.54, 1.807) is 19.1 Å². The predicted molar refractivity (Wildman–Crippen MR) is 171 cm³/mol. The van der Waals surface area contributed by atoms with E-state index in [1.165, 1.54) is 6.42 Å². The number of nitrogens with one attached hydrogen (secondary N) is 1. The first-order chi connectivity index (χ1) is 21.3. The van der Waals surface area contributed by atoms with Gasteiger partial charge in [-0.2, -0.15) is 0 Å². The molecule has 1 spiro atoms. The van der Waals surface area contributed by atoms with Crippen molar-refractivity contribution in [3.63, 3.8) is 0 Å². The lowest BCUT2D eigenvalue weighted by molar-refractivity contribution is -0.166. The van der Waals surface area contributed by atoms with Gasteiger partial charge in [0.2, 0.25) is 11.8 Å². The maximum absolute atomic E-state index is 13.9. The number of amides is 3. The molecule has 238 valence electrons. The Balaban J connectivity index is 1.21. The van der Waals surface area contributed by atoms with Crippen molar-refractivity contribution in [2.45, 2.75) is 88.9 Å². The minimum absolute atomic E-state index is 0.0615. The number of piperidine rings is 1. The van der Waals surface area contributed by atoms with Crippen LogP contribution in [0, 0.1) is 5.92 Å². The van der Waals surface area contributed by atoms with Crippen LogP contribution in [0.3, 0.4) is 0 Å². The fraction of sp³-hybridized carbons (Fsp3) is 0.571. The average Bonchev–Trinajstić information content (AvgIpc) is 3.07. The summed E-state index contributed by atoms with van der Waals surface area (Å²) in [6.07, 6.45) is 7.15. The van der Waals surface area contributed by atoms with Crippen LogP contribution in [0.2, 0.25) is 0 Å². The summed E-state index contributed by atoms with van der Waals surface area (Å²) in [7, 11) is 3.37. The van der Waals surface area contributed by atoms with Gasteiger partial charge in [-0.3, -0.25) is 19.3 Å². The summed E-state index contributed by atoms with van der Waals surface area (Å²) < 4.78 is 5.21. The smallest absolute Gasteiger partial charge is 0.258 e. The third-order valence-electron chi connectivity index (χ3n) is 10.0. The van der Waals surface area contributed by atoms with Crippen LogP contribution in [0.1, 0.15) is 80.6 Å². The number of carbonyl (C=O) groups excluding carboxylic acids is 3. The zero-order valence-electron chi connectivity index (χ0n) is 26.5. The number of methoxy groups -OCH3 is 1. The second-order valence-corrected chi connectivity index (χ2v) is 12.8. The summed E-state index contributed by atoms with van der Waals surface area (Å²) in [5.41, 5.74) is 1.62. The van der Waals surface area contributed by atoms with Crippen molar-refractivity contribution in [1.82, 2.24) is 15.1 Å². The van der Waals surface area contributed by atoms with E-state index in [2.05, 4.69) is 17.1 Å². The minimum Gasteiger partial charge on any atom is -0.497 e. The Labute approximate surface area is 261 Å². The molecule has 9 nitrogen and oxygen atoms in total. The minimum atomic E-state index is -0.867. The Hall–Kier alpha value is -3.43. The van der Waals surface area contributed by atoms with Crippen molar-refractivity contribution >= 4 is 23.4 Å². The summed E-state index contributed by atoms with van der Waals surface area (Å²) >= 11 is 0. The molecule has 0 bridgehead atoms. The molecule has 44 heavy (non-hydrogen) atoms. The third-order valence-corrected chi connectivity index (χ3v) is 10.0. The number of likely N-dealkylation sites (tertiary alicyclic amines) is 1. The Morgan fingerprint density at radius 2 is 1.70 bits per heavy atom. The molecule has 1 saturated carbocycles. The highest BCUT2D eigenvalue weighted by Gasteiger charge is 2.55. The van der Waals surface area contributed by atoms with E-state index in [0.29, 0.717) is 44.6 Å². The van der Waals surface area contributed by atoms with Crippen molar-refractivity contribution in [3.8, 4) is 5.75 Å². The molecule has 3 aliphatic rings. The van der Waals surface area contributed by atoms with Gasteiger partial charge in [-0.05, 0) is 80.0 Å². The molecule has 9 heteroatoms. The van der Waals surface area contributed by atoms with Gasteiger partial charge in [0.1, 0.15) is 17.3 Å². The lowest BCUT2D eigenvalue weighted by Crippen LogP contribution is -2.75. The summed E-state index contributed by atoms with van der Waals surface area (Å²) in [6, 6.07) is 14.2. The number of carbonyl (C=O) groups is 3. The van der Waals surface area contributed by atoms with Crippen LogP contribution in [-0.4, -0.2) is 84.1 Å². The maximum Gasteiger partial charge on any atom is 0.258 e.